The van der Waals surface area contributed by atoms with E-state index in [9.17, 15) is 13.6 Å². The molecular formula is C18H19F2N5O3S2. The maximum atomic E-state index is 12.4. The molecule has 1 fully saturated rings. The number of thiazole rings is 1. The topological polar surface area (TPSA) is 112 Å². The fourth-order valence-corrected chi connectivity index (χ4v) is 5.50. The van der Waals surface area contributed by atoms with Gasteiger partial charge < -0.3 is 20.5 Å². The molecule has 2 aliphatic rings. The molecule has 0 saturated carbocycles. The number of nitrogens with two attached hydrogens (primary N) is 1. The molecule has 0 aromatic carbocycles. The van der Waals surface area contributed by atoms with Crippen LogP contribution in [-0.2, 0) is 10.3 Å². The van der Waals surface area contributed by atoms with Gasteiger partial charge in [-0.3, -0.25) is 4.79 Å². The number of carbonyl (C=O) groups is 1. The Balaban J connectivity index is 1.51. The van der Waals surface area contributed by atoms with Gasteiger partial charge in [-0.05, 0) is 25.5 Å². The van der Waals surface area contributed by atoms with Crippen LogP contribution in [0.3, 0.4) is 0 Å². The van der Waals surface area contributed by atoms with Crippen LogP contribution in [0.5, 0.6) is 5.75 Å². The van der Waals surface area contributed by atoms with Crippen LogP contribution < -0.4 is 15.8 Å². The van der Waals surface area contributed by atoms with Crippen LogP contribution in [0, 0.1) is 5.92 Å². The minimum absolute atomic E-state index is 0.0637. The van der Waals surface area contributed by atoms with E-state index in [0.717, 1.165) is 23.4 Å². The fourth-order valence-electron chi connectivity index (χ4n) is 3.47. The number of nitrogens with one attached hydrogen (secondary N) is 1. The number of rotatable bonds is 5. The van der Waals surface area contributed by atoms with Crippen LogP contribution in [0.15, 0.2) is 29.5 Å². The molecule has 0 radical (unpaired) electrons. The number of hydrogen-bond donors (Lipinski definition) is 2. The summed E-state index contributed by atoms with van der Waals surface area (Å²) in [4.78, 5) is 25.5. The Morgan fingerprint density at radius 2 is 2.23 bits per heavy atom. The highest BCUT2D eigenvalue weighted by Crippen LogP contribution is 2.47. The Hall–Kier alpha value is -2.31. The van der Waals surface area contributed by atoms with Crippen LogP contribution in [0.25, 0.3) is 0 Å². The summed E-state index contributed by atoms with van der Waals surface area (Å²) in [6, 6.07) is 2.57. The van der Waals surface area contributed by atoms with Crippen molar-refractivity contribution in [3.05, 3.63) is 35.2 Å². The SMILES string of the molecule is C[C@H]1C[C@H]2CSC(N)=N[C@@]2(c2ncc(NC(=O)c3ccc(OC(F)F)cn3)s2)CO1. The van der Waals surface area contributed by atoms with E-state index in [1.165, 1.54) is 35.2 Å². The number of amides is 1. The van der Waals surface area contributed by atoms with E-state index in [1.54, 1.807) is 6.20 Å². The highest BCUT2D eigenvalue weighted by atomic mass is 32.2. The van der Waals surface area contributed by atoms with Crippen molar-refractivity contribution in [3.8, 4) is 5.75 Å². The lowest BCUT2D eigenvalue weighted by atomic mass is 9.80. The van der Waals surface area contributed by atoms with Crippen molar-refractivity contribution in [1.82, 2.24) is 9.97 Å². The van der Waals surface area contributed by atoms with Gasteiger partial charge in [-0.2, -0.15) is 8.78 Å². The van der Waals surface area contributed by atoms with Gasteiger partial charge in [0.1, 0.15) is 27.0 Å². The summed E-state index contributed by atoms with van der Waals surface area (Å²) in [5, 5.41) is 4.48. The second kappa shape index (κ2) is 8.44. The van der Waals surface area contributed by atoms with Crippen molar-refractivity contribution in [2.45, 2.75) is 31.6 Å². The Labute approximate surface area is 179 Å². The number of hydrogen-bond acceptors (Lipinski definition) is 9. The summed E-state index contributed by atoms with van der Waals surface area (Å²) >= 11 is 2.84. The number of alkyl halides is 2. The number of aliphatic imine (C=N–C) groups is 1. The minimum atomic E-state index is -2.95. The third kappa shape index (κ3) is 4.25. The quantitative estimate of drug-likeness (QED) is 0.713. The molecule has 0 spiro atoms. The lowest BCUT2D eigenvalue weighted by molar-refractivity contribution is -0.0500. The Morgan fingerprint density at radius 1 is 1.40 bits per heavy atom. The number of anilines is 1. The van der Waals surface area contributed by atoms with Crippen molar-refractivity contribution in [2.75, 3.05) is 17.7 Å². The molecule has 1 saturated heterocycles. The van der Waals surface area contributed by atoms with E-state index in [-0.39, 0.29) is 23.5 Å². The summed E-state index contributed by atoms with van der Waals surface area (Å²) in [6.07, 6.45) is 3.62. The Kier molecular flexibility index (Phi) is 5.89. The van der Waals surface area contributed by atoms with Crippen LogP contribution >= 0.6 is 23.1 Å². The lowest BCUT2D eigenvalue weighted by Crippen LogP contribution is -2.49. The van der Waals surface area contributed by atoms with Gasteiger partial charge in [0, 0.05) is 11.7 Å². The molecule has 8 nitrogen and oxygen atoms in total. The molecule has 4 heterocycles. The van der Waals surface area contributed by atoms with Crippen molar-refractivity contribution >= 4 is 39.2 Å². The Bertz CT molecular complexity index is 956. The molecule has 30 heavy (non-hydrogen) atoms. The van der Waals surface area contributed by atoms with Gasteiger partial charge in [0.2, 0.25) is 0 Å². The molecule has 0 unspecified atom stereocenters. The predicted octanol–water partition coefficient (Wildman–Crippen LogP) is 3.07. The minimum Gasteiger partial charge on any atom is -0.433 e. The van der Waals surface area contributed by atoms with Crippen LogP contribution in [0.4, 0.5) is 13.8 Å². The summed E-state index contributed by atoms with van der Waals surface area (Å²) < 4.78 is 34.6. The van der Waals surface area contributed by atoms with Crippen molar-refractivity contribution < 1.29 is 23.0 Å². The number of carbonyl (C=O) groups excluding carboxylic acids is 1. The third-order valence-electron chi connectivity index (χ3n) is 4.93. The van der Waals surface area contributed by atoms with Gasteiger partial charge in [0.05, 0.1) is 25.1 Å². The van der Waals surface area contributed by atoms with Gasteiger partial charge in [-0.15, -0.1) is 0 Å². The number of aromatic nitrogens is 2. The molecule has 160 valence electrons. The largest absolute Gasteiger partial charge is 0.433 e. The van der Waals surface area contributed by atoms with Crippen molar-refractivity contribution in [1.29, 1.82) is 0 Å². The van der Waals surface area contributed by atoms with Gasteiger partial charge in [-0.25, -0.2) is 15.0 Å². The van der Waals surface area contributed by atoms with E-state index in [0.29, 0.717) is 16.8 Å². The first kappa shape index (κ1) is 20.9. The highest BCUT2D eigenvalue weighted by molar-refractivity contribution is 8.13. The highest BCUT2D eigenvalue weighted by Gasteiger charge is 2.49. The Morgan fingerprint density at radius 3 is 2.97 bits per heavy atom. The lowest BCUT2D eigenvalue weighted by Gasteiger charge is -2.44. The second-order valence-corrected chi connectivity index (χ2v) is 9.05. The van der Waals surface area contributed by atoms with E-state index < -0.39 is 18.1 Å². The maximum absolute atomic E-state index is 12.4. The summed E-state index contributed by atoms with van der Waals surface area (Å²) in [5.74, 6) is 0.459. The zero-order valence-electron chi connectivity index (χ0n) is 15.9. The van der Waals surface area contributed by atoms with Gasteiger partial charge >= 0.3 is 6.61 Å². The predicted molar refractivity (Wildman–Crippen MR) is 110 cm³/mol. The third-order valence-corrected chi connectivity index (χ3v) is 6.96. The van der Waals surface area contributed by atoms with E-state index in [4.69, 9.17) is 15.5 Å². The number of nitrogens with zero attached hydrogens (tertiary/aromatic N) is 3. The number of fused-ring (bicyclic) bond motifs is 1. The number of halogens is 2. The number of pyridine rings is 1. The molecule has 0 bridgehead atoms. The summed E-state index contributed by atoms with van der Waals surface area (Å²) in [6.45, 7) is -0.533. The molecule has 0 aliphatic carbocycles. The average molecular weight is 456 g/mol. The smallest absolute Gasteiger partial charge is 0.387 e. The average Bonchev–Trinajstić information content (AvgIpc) is 3.17. The zero-order valence-corrected chi connectivity index (χ0v) is 17.5. The van der Waals surface area contributed by atoms with Crippen LogP contribution in [-0.4, -0.2) is 46.1 Å². The monoisotopic (exact) mass is 455 g/mol. The number of thioether (sulfide) groups is 1. The molecule has 3 atom stereocenters. The molecule has 4 rings (SSSR count). The van der Waals surface area contributed by atoms with Gasteiger partial charge in [0.15, 0.2) is 5.17 Å². The van der Waals surface area contributed by atoms with Crippen LogP contribution in [0.2, 0.25) is 0 Å². The van der Waals surface area contributed by atoms with E-state index in [1.807, 2.05) is 6.92 Å². The maximum Gasteiger partial charge on any atom is 0.387 e. The first-order valence-corrected chi connectivity index (χ1v) is 10.9. The first-order valence-electron chi connectivity index (χ1n) is 9.14. The second-order valence-electron chi connectivity index (χ2n) is 6.98. The molecule has 3 N–H and O–H groups in total. The summed E-state index contributed by atoms with van der Waals surface area (Å²) in [5.41, 5.74) is 5.42. The van der Waals surface area contributed by atoms with Gasteiger partial charge in [-0.1, -0.05) is 23.1 Å². The van der Waals surface area contributed by atoms with Crippen molar-refractivity contribution in [2.24, 2.45) is 16.6 Å². The number of amidine groups is 1. The number of ether oxygens (including phenoxy) is 2. The molecule has 12 heteroatoms. The zero-order chi connectivity index (χ0) is 21.3. The normalized spacial score (nSPS) is 26.1. The van der Waals surface area contributed by atoms with Crippen LogP contribution in [0.1, 0.15) is 28.8 Å². The molecule has 2 aromatic rings. The molecule has 2 aliphatic heterocycles. The van der Waals surface area contributed by atoms with Crippen molar-refractivity contribution in [3.63, 3.8) is 0 Å². The molecule has 1 amide bonds. The van der Waals surface area contributed by atoms with E-state index in [2.05, 4.69) is 20.0 Å². The molecular weight excluding hydrogens is 436 g/mol. The fraction of sp³-hybridized carbons (Fsp3) is 0.444. The first-order chi connectivity index (χ1) is 14.4. The van der Waals surface area contributed by atoms with Gasteiger partial charge in [0.25, 0.3) is 5.91 Å². The molecule has 2 aromatic heterocycles. The van der Waals surface area contributed by atoms with E-state index >= 15 is 0 Å². The standard InChI is InChI=1S/C18H19F2N5O3S2/c1-9-4-10-7-29-17(21)25-18(10,8-27-9)15-23-6-13(30-15)24-14(26)12-3-2-11(5-22-12)28-16(19)20/h2-3,5-6,9-10,16H,4,7-8H2,1H3,(H2,21,25)(H,24,26)/t9-,10-,18-/m0/s1. The summed E-state index contributed by atoms with van der Waals surface area (Å²) in [7, 11) is 0.